The van der Waals surface area contributed by atoms with Crippen molar-refractivity contribution >= 4 is 29.0 Å². The number of ether oxygens (including phenoxy) is 2. The lowest BCUT2D eigenvalue weighted by Gasteiger charge is -2.13. The molecule has 21 heavy (non-hydrogen) atoms. The van der Waals surface area contributed by atoms with E-state index in [2.05, 4.69) is 10.3 Å². The predicted octanol–water partition coefficient (Wildman–Crippen LogP) is 2.68. The third-order valence-electron chi connectivity index (χ3n) is 3.02. The fraction of sp³-hybridized carbons (Fsp3) is 0.267. The van der Waals surface area contributed by atoms with Gasteiger partial charge in [-0.3, -0.25) is 4.99 Å². The number of methoxy groups -OCH3 is 2. The molecule has 1 aromatic rings. The third kappa shape index (κ3) is 2.79. The van der Waals surface area contributed by atoms with E-state index in [0.29, 0.717) is 17.1 Å². The van der Waals surface area contributed by atoms with Crippen LogP contribution < -0.4 is 5.32 Å². The van der Waals surface area contributed by atoms with E-state index in [0.717, 1.165) is 5.70 Å². The SMILES string of the molecule is COC(=O)c1ccc2c(c1C(=O)OC)N=C(C)C=C(C)N2. The Hall–Kier alpha value is -2.63. The summed E-state index contributed by atoms with van der Waals surface area (Å²) in [7, 11) is 2.51. The fourth-order valence-corrected chi connectivity index (χ4v) is 2.17. The number of fused-ring (bicyclic) bond motifs is 1. The Morgan fingerprint density at radius 2 is 1.76 bits per heavy atom. The second-order valence-electron chi connectivity index (χ2n) is 4.57. The van der Waals surface area contributed by atoms with Crippen LogP contribution >= 0.6 is 0 Å². The van der Waals surface area contributed by atoms with Crippen molar-refractivity contribution in [2.24, 2.45) is 4.99 Å². The zero-order chi connectivity index (χ0) is 15.6. The molecule has 1 heterocycles. The number of anilines is 1. The number of carbonyl (C=O) groups is 2. The van der Waals surface area contributed by atoms with Crippen LogP contribution in [0.4, 0.5) is 11.4 Å². The summed E-state index contributed by atoms with van der Waals surface area (Å²) in [6, 6.07) is 3.21. The summed E-state index contributed by atoms with van der Waals surface area (Å²) in [5, 5.41) is 3.14. The van der Waals surface area contributed by atoms with Gasteiger partial charge in [0.2, 0.25) is 0 Å². The summed E-state index contributed by atoms with van der Waals surface area (Å²) >= 11 is 0. The molecule has 0 aromatic heterocycles. The minimum Gasteiger partial charge on any atom is -0.465 e. The molecule has 110 valence electrons. The van der Waals surface area contributed by atoms with E-state index in [1.165, 1.54) is 20.3 Å². The van der Waals surface area contributed by atoms with Gasteiger partial charge in [0.05, 0.1) is 25.5 Å². The number of benzene rings is 1. The summed E-state index contributed by atoms with van der Waals surface area (Å²) in [4.78, 5) is 28.3. The molecule has 2 rings (SSSR count). The van der Waals surface area contributed by atoms with Gasteiger partial charge < -0.3 is 14.8 Å². The molecule has 0 unspecified atom stereocenters. The fourth-order valence-electron chi connectivity index (χ4n) is 2.17. The molecule has 0 radical (unpaired) electrons. The average molecular weight is 288 g/mol. The lowest BCUT2D eigenvalue weighted by molar-refractivity contribution is 0.0556. The van der Waals surface area contributed by atoms with Gasteiger partial charge >= 0.3 is 11.9 Å². The lowest BCUT2D eigenvalue weighted by Crippen LogP contribution is -2.13. The Morgan fingerprint density at radius 3 is 2.38 bits per heavy atom. The van der Waals surface area contributed by atoms with Crippen LogP contribution in [0.25, 0.3) is 0 Å². The van der Waals surface area contributed by atoms with Crippen molar-refractivity contribution in [3.63, 3.8) is 0 Å². The summed E-state index contributed by atoms with van der Waals surface area (Å²) in [6.45, 7) is 3.70. The predicted molar refractivity (Wildman–Crippen MR) is 79.3 cm³/mol. The first-order valence-corrected chi connectivity index (χ1v) is 6.32. The van der Waals surface area contributed by atoms with Crippen molar-refractivity contribution in [1.82, 2.24) is 0 Å². The van der Waals surface area contributed by atoms with Crippen LogP contribution in [0.2, 0.25) is 0 Å². The minimum absolute atomic E-state index is 0.0943. The van der Waals surface area contributed by atoms with Crippen LogP contribution in [0.3, 0.4) is 0 Å². The maximum absolute atomic E-state index is 12.1. The lowest BCUT2D eigenvalue weighted by atomic mass is 10.0. The second-order valence-corrected chi connectivity index (χ2v) is 4.57. The summed E-state index contributed by atoms with van der Waals surface area (Å²) < 4.78 is 9.49. The first-order chi connectivity index (χ1) is 9.97. The molecule has 0 bridgehead atoms. The minimum atomic E-state index is -0.634. The number of rotatable bonds is 2. The van der Waals surface area contributed by atoms with Gasteiger partial charge in [0.15, 0.2) is 0 Å². The highest BCUT2D eigenvalue weighted by Gasteiger charge is 2.25. The quantitative estimate of drug-likeness (QED) is 0.847. The average Bonchev–Trinajstić information content (AvgIpc) is 2.60. The van der Waals surface area contributed by atoms with Gasteiger partial charge in [-0.15, -0.1) is 0 Å². The molecule has 1 N–H and O–H groups in total. The normalized spacial score (nSPS) is 13.1. The smallest absolute Gasteiger partial charge is 0.341 e. The van der Waals surface area contributed by atoms with E-state index in [-0.39, 0.29) is 11.1 Å². The van der Waals surface area contributed by atoms with Gasteiger partial charge in [-0.25, -0.2) is 9.59 Å². The Bertz CT molecular complexity index is 674. The molecule has 6 nitrogen and oxygen atoms in total. The Balaban J connectivity index is 2.74. The highest BCUT2D eigenvalue weighted by molar-refractivity contribution is 6.10. The third-order valence-corrected chi connectivity index (χ3v) is 3.02. The number of allylic oxidation sites excluding steroid dienone is 2. The number of esters is 2. The Kier molecular flexibility index (Phi) is 4.07. The number of hydrogen-bond acceptors (Lipinski definition) is 6. The number of carbonyl (C=O) groups excluding carboxylic acids is 2. The summed E-state index contributed by atoms with van der Waals surface area (Å²) in [5.74, 6) is -1.25. The molecule has 0 spiro atoms. The highest BCUT2D eigenvalue weighted by Crippen LogP contribution is 2.35. The molecule has 0 saturated heterocycles. The van der Waals surface area contributed by atoms with Crippen LogP contribution in [-0.4, -0.2) is 31.9 Å². The molecule has 0 fully saturated rings. The van der Waals surface area contributed by atoms with E-state index in [9.17, 15) is 9.59 Å². The van der Waals surface area contributed by atoms with E-state index in [4.69, 9.17) is 9.47 Å². The van der Waals surface area contributed by atoms with Gasteiger partial charge in [-0.1, -0.05) is 0 Å². The zero-order valence-electron chi connectivity index (χ0n) is 12.3. The Labute approximate surface area is 122 Å². The van der Waals surface area contributed by atoms with Crippen LogP contribution in [-0.2, 0) is 9.47 Å². The maximum atomic E-state index is 12.1. The number of hydrogen-bond donors (Lipinski definition) is 1. The molecule has 0 atom stereocenters. The van der Waals surface area contributed by atoms with E-state index < -0.39 is 11.9 Å². The molecule has 0 saturated carbocycles. The van der Waals surface area contributed by atoms with Gasteiger partial charge in [0.25, 0.3) is 0 Å². The van der Waals surface area contributed by atoms with Crippen molar-refractivity contribution < 1.29 is 19.1 Å². The van der Waals surface area contributed by atoms with Gasteiger partial charge in [-0.05, 0) is 32.1 Å². The van der Waals surface area contributed by atoms with Crippen LogP contribution in [0.1, 0.15) is 34.6 Å². The summed E-state index contributed by atoms with van der Waals surface area (Å²) in [5.41, 5.74) is 2.82. The van der Waals surface area contributed by atoms with Crippen LogP contribution in [0.5, 0.6) is 0 Å². The van der Waals surface area contributed by atoms with Crippen molar-refractivity contribution in [2.45, 2.75) is 13.8 Å². The van der Waals surface area contributed by atoms with Gasteiger partial charge in [0, 0.05) is 11.4 Å². The van der Waals surface area contributed by atoms with Crippen molar-refractivity contribution in [2.75, 3.05) is 19.5 Å². The van der Waals surface area contributed by atoms with Crippen molar-refractivity contribution in [3.05, 3.63) is 35.0 Å². The largest absolute Gasteiger partial charge is 0.465 e. The molecule has 1 aliphatic rings. The molecule has 1 aliphatic heterocycles. The molecule has 6 heteroatoms. The first kappa shape index (κ1) is 14.8. The van der Waals surface area contributed by atoms with Crippen LogP contribution in [0, 0.1) is 0 Å². The zero-order valence-corrected chi connectivity index (χ0v) is 12.3. The van der Waals surface area contributed by atoms with Crippen molar-refractivity contribution in [3.8, 4) is 0 Å². The molecular formula is C15H16N2O4. The number of nitrogens with zero attached hydrogens (tertiary/aromatic N) is 1. The van der Waals surface area contributed by atoms with E-state index in [1.807, 2.05) is 19.9 Å². The standard InChI is InChI=1S/C15H16N2O4/c1-8-7-9(2)17-13-11(16-8)6-5-10(14(18)20-3)12(13)15(19)21-4/h5-7,16H,1-4H3. The summed E-state index contributed by atoms with van der Waals surface area (Å²) in [6.07, 6.45) is 1.85. The van der Waals surface area contributed by atoms with Gasteiger partial charge in [-0.2, -0.15) is 0 Å². The molecule has 0 aliphatic carbocycles. The molecule has 1 aromatic carbocycles. The van der Waals surface area contributed by atoms with Crippen molar-refractivity contribution in [1.29, 1.82) is 0 Å². The Morgan fingerprint density at radius 1 is 1.10 bits per heavy atom. The van der Waals surface area contributed by atoms with E-state index in [1.54, 1.807) is 6.07 Å². The molecule has 0 amide bonds. The second kappa shape index (κ2) is 5.78. The van der Waals surface area contributed by atoms with E-state index >= 15 is 0 Å². The van der Waals surface area contributed by atoms with Crippen LogP contribution in [0.15, 0.2) is 28.9 Å². The first-order valence-electron chi connectivity index (χ1n) is 6.32. The number of aliphatic imine (C=N–C) groups is 1. The maximum Gasteiger partial charge on any atom is 0.341 e. The topological polar surface area (TPSA) is 77.0 Å². The van der Waals surface area contributed by atoms with Gasteiger partial charge in [0.1, 0.15) is 11.3 Å². The number of nitrogens with one attached hydrogen (secondary N) is 1. The molecular weight excluding hydrogens is 272 g/mol. The highest BCUT2D eigenvalue weighted by atomic mass is 16.5. The monoisotopic (exact) mass is 288 g/mol.